The third-order valence-corrected chi connectivity index (χ3v) is 3.10. The molecule has 0 bridgehead atoms. The summed E-state index contributed by atoms with van der Waals surface area (Å²) in [5, 5.41) is 3.31. The van der Waals surface area contributed by atoms with Gasteiger partial charge in [0.05, 0.1) is 6.26 Å². The number of hydrogen-bond donors (Lipinski definition) is 1. The molecule has 0 radical (unpaired) electrons. The van der Waals surface area contributed by atoms with Crippen LogP contribution >= 0.6 is 0 Å². The Kier molecular flexibility index (Phi) is 2.91. The van der Waals surface area contributed by atoms with Crippen molar-refractivity contribution in [2.45, 2.75) is 38.1 Å². The van der Waals surface area contributed by atoms with E-state index >= 15 is 0 Å². The van der Waals surface area contributed by atoms with Crippen LogP contribution in [0.1, 0.15) is 38.4 Å². The molecule has 2 rings (SSSR count). The van der Waals surface area contributed by atoms with Gasteiger partial charge < -0.3 is 4.42 Å². The fourth-order valence-corrected chi connectivity index (χ4v) is 2.39. The molecule has 1 heterocycles. The minimum atomic E-state index is -0.545. The molecule has 1 aliphatic rings. The lowest BCUT2D eigenvalue weighted by molar-refractivity contribution is -0.128. The highest BCUT2D eigenvalue weighted by Crippen LogP contribution is 2.34. The largest absolute Gasteiger partial charge is 0.467 e. The van der Waals surface area contributed by atoms with Crippen LogP contribution in [0.5, 0.6) is 0 Å². The lowest BCUT2D eigenvalue weighted by atomic mass is 9.78. The highest BCUT2D eigenvalue weighted by Gasteiger charge is 2.42. The van der Waals surface area contributed by atoms with Crippen molar-refractivity contribution >= 4 is 5.78 Å². The first-order valence-corrected chi connectivity index (χ1v) is 5.62. The van der Waals surface area contributed by atoms with Crippen LogP contribution < -0.4 is 5.32 Å². The Morgan fingerprint density at radius 1 is 1.53 bits per heavy atom. The Hall–Kier alpha value is -1.09. The summed E-state index contributed by atoms with van der Waals surface area (Å²) in [6, 6.07) is 3.74. The average Bonchev–Trinajstić information content (AvgIpc) is 2.75. The summed E-state index contributed by atoms with van der Waals surface area (Å²) in [6.45, 7) is 2.80. The minimum absolute atomic E-state index is 0.269. The van der Waals surface area contributed by atoms with E-state index in [1.54, 1.807) is 6.26 Å². The zero-order chi connectivity index (χ0) is 10.7. The van der Waals surface area contributed by atoms with Crippen LogP contribution in [-0.2, 0) is 10.3 Å². The SMILES string of the molecule is CCN[C@@]1(c2ccco2)CCCCC1=O. The van der Waals surface area contributed by atoms with E-state index in [1.807, 2.05) is 19.1 Å². The molecule has 0 aromatic carbocycles. The summed E-state index contributed by atoms with van der Waals surface area (Å²) in [5.74, 6) is 1.04. The van der Waals surface area contributed by atoms with Gasteiger partial charge in [-0.05, 0) is 31.5 Å². The third kappa shape index (κ3) is 1.72. The van der Waals surface area contributed by atoms with Crippen molar-refractivity contribution in [3.05, 3.63) is 24.2 Å². The second-order valence-corrected chi connectivity index (χ2v) is 4.04. The summed E-state index contributed by atoms with van der Waals surface area (Å²) in [6.07, 6.45) is 5.24. The molecule has 1 fully saturated rings. The fraction of sp³-hybridized carbons (Fsp3) is 0.583. The molecule has 1 atom stereocenters. The van der Waals surface area contributed by atoms with Gasteiger partial charge >= 0.3 is 0 Å². The van der Waals surface area contributed by atoms with Crippen LogP contribution in [0.2, 0.25) is 0 Å². The molecular weight excluding hydrogens is 190 g/mol. The number of carbonyl (C=O) groups excluding carboxylic acids is 1. The standard InChI is InChI=1S/C12H17NO2/c1-2-13-12(11-7-5-9-15-11)8-4-3-6-10(12)14/h5,7,9,13H,2-4,6,8H2,1H3/t12-/m0/s1. The van der Waals surface area contributed by atoms with E-state index in [-0.39, 0.29) is 5.78 Å². The molecule has 0 saturated heterocycles. The number of ketones is 1. The van der Waals surface area contributed by atoms with E-state index in [0.717, 1.165) is 31.6 Å². The van der Waals surface area contributed by atoms with Crippen molar-refractivity contribution < 1.29 is 9.21 Å². The van der Waals surface area contributed by atoms with Crippen LogP contribution in [-0.4, -0.2) is 12.3 Å². The molecule has 1 aromatic rings. The molecule has 15 heavy (non-hydrogen) atoms. The van der Waals surface area contributed by atoms with Gasteiger partial charge in [-0.25, -0.2) is 0 Å². The van der Waals surface area contributed by atoms with Crippen molar-refractivity contribution in [3.8, 4) is 0 Å². The van der Waals surface area contributed by atoms with E-state index in [2.05, 4.69) is 5.32 Å². The van der Waals surface area contributed by atoms with E-state index in [1.165, 1.54) is 0 Å². The molecule has 1 aliphatic carbocycles. The molecular formula is C12H17NO2. The van der Waals surface area contributed by atoms with E-state index in [4.69, 9.17) is 4.42 Å². The minimum Gasteiger partial charge on any atom is -0.467 e. The number of Topliss-reactive ketones (excluding diaryl/α,β-unsaturated/α-hetero) is 1. The smallest absolute Gasteiger partial charge is 0.160 e. The predicted molar refractivity (Wildman–Crippen MR) is 57.5 cm³/mol. The van der Waals surface area contributed by atoms with Gasteiger partial charge in [0.1, 0.15) is 11.3 Å². The normalized spacial score (nSPS) is 26.9. The van der Waals surface area contributed by atoms with E-state index in [0.29, 0.717) is 6.42 Å². The first-order chi connectivity index (χ1) is 7.29. The van der Waals surface area contributed by atoms with Gasteiger partial charge in [0.25, 0.3) is 0 Å². The molecule has 1 saturated carbocycles. The fourth-order valence-electron chi connectivity index (χ4n) is 2.39. The average molecular weight is 207 g/mol. The predicted octanol–water partition coefficient (Wildman–Crippen LogP) is 2.23. The van der Waals surface area contributed by atoms with Gasteiger partial charge in [-0.3, -0.25) is 10.1 Å². The van der Waals surface area contributed by atoms with Crippen molar-refractivity contribution in [1.82, 2.24) is 5.32 Å². The van der Waals surface area contributed by atoms with Crippen LogP contribution in [0, 0.1) is 0 Å². The van der Waals surface area contributed by atoms with Gasteiger partial charge in [0, 0.05) is 6.42 Å². The maximum atomic E-state index is 12.1. The summed E-state index contributed by atoms with van der Waals surface area (Å²) in [5.41, 5.74) is -0.545. The summed E-state index contributed by atoms with van der Waals surface area (Å²) in [4.78, 5) is 12.1. The summed E-state index contributed by atoms with van der Waals surface area (Å²) < 4.78 is 5.42. The number of likely N-dealkylation sites (N-methyl/N-ethyl adjacent to an activating group) is 1. The first-order valence-electron chi connectivity index (χ1n) is 5.62. The number of hydrogen-bond acceptors (Lipinski definition) is 3. The maximum Gasteiger partial charge on any atom is 0.160 e. The van der Waals surface area contributed by atoms with Crippen molar-refractivity contribution in [3.63, 3.8) is 0 Å². The van der Waals surface area contributed by atoms with Crippen LogP contribution in [0.3, 0.4) is 0 Å². The van der Waals surface area contributed by atoms with Crippen LogP contribution in [0.15, 0.2) is 22.8 Å². The third-order valence-electron chi connectivity index (χ3n) is 3.10. The van der Waals surface area contributed by atoms with Crippen LogP contribution in [0.25, 0.3) is 0 Å². The van der Waals surface area contributed by atoms with Crippen molar-refractivity contribution in [2.75, 3.05) is 6.54 Å². The Labute approximate surface area is 89.9 Å². The van der Waals surface area contributed by atoms with Crippen LogP contribution in [0.4, 0.5) is 0 Å². The molecule has 1 N–H and O–H groups in total. The Morgan fingerprint density at radius 2 is 2.40 bits per heavy atom. The Balaban J connectivity index is 2.34. The number of nitrogens with one attached hydrogen (secondary N) is 1. The molecule has 0 unspecified atom stereocenters. The molecule has 3 nitrogen and oxygen atoms in total. The van der Waals surface area contributed by atoms with Crippen molar-refractivity contribution in [2.24, 2.45) is 0 Å². The molecule has 0 amide bonds. The lowest BCUT2D eigenvalue weighted by Gasteiger charge is -2.34. The zero-order valence-electron chi connectivity index (χ0n) is 9.08. The van der Waals surface area contributed by atoms with Crippen molar-refractivity contribution in [1.29, 1.82) is 0 Å². The molecule has 3 heteroatoms. The zero-order valence-corrected chi connectivity index (χ0v) is 9.08. The maximum absolute atomic E-state index is 12.1. The summed E-state index contributed by atoms with van der Waals surface area (Å²) >= 11 is 0. The van der Waals surface area contributed by atoms with E-state index < -0.39 is 5.54 Å². The van der Waals surface area contributed by atoms with Gasteiger partial charge in [0.2, 0.25) is 0 Å². The topological polar surface area (TPSA) is 42.2 Å². The van der Waals surface area contributed by atoms with Gasteiger partial charge in [-0.15, -0.1) is 0 Å². The second-order valence-electron chi connectivity index (χ2n) is 4.04. The molecule has 0 aliphatic heterocycles. The number of rotatable bonds is 3. The monoisotopic (exact) mass is 207 g/mol. The molecule has 82 valence electrons. The summed E-state index contributed by atoms with van der Waals surface area (Å²) in [7, 11) is 0. The van der Waals surface area contributed by atoms with Gasteiger partial charge in [0.15, 0.2) is 5.78 Å². The molecule has 0 spiro atoms. The Bertz CT molecular complexity index is 327. The first kappa shape index (κ1) is 10.4. The molecule has 1 aromatic heterocycles. The van der Waals surface area contributed by atoms with Gasteiger partial charge in [-0.2, -0.15) is 0 Å². The lowest BCUT2D eigenvalue weighted by Crippen LogP contribution is -2.50. The second kappa shape index (κ2) is 4.19. The Morgan fingerprint density at radius 3 is 3.00 bits per heavy atom. The highest BCUT2D eigenvalue weighted by atomic mass is 16.3. The quantitative estimate of drug-likeness (QED) is 0.826. The number of furan rings is 1. The van der Waals surface area contributed by atoms with E-state index in [9.17, 15) is 4.79 Å². The highest BCUT2D eigenvalue weighted by molar-refractivity contribution is 5.89. The number of carbonyl (C=O) groups is 1. The van der Waals surface area contributed by atoms with Gasteiger partial charge in [-0.1, -0.05) is 13.3 Å².